The van der Waals surface area contributed by atoms with Gasteiger partial charge in [0.05, 0.1) is 11.4 Å². The molecule has 6 heteroatoms. The fraction of sp³-hybridized carbons (Fsp3) is 0. The molecular weight excluding hydrogens is 211 g/mol. The molecule has 0 aliphatic carbocycles. The van der Waals surface area contributed by atoms with Crippen LogP contribution in [0.25, 0.3) is 0 Å². The lowest BCUT2D eigenvalue weighted by atomic mass is 10.2. The van der Waals surface area contributed by atoms with Gasteiger partial charge in [-0.05, 0) is 24.3 Å². The molecule has 0 bridgehead atoms. The van der Waals surface area contributed by atoms with Gasteiger partial charge in [0.15, 0.2) is 0 Å². The molecule has 1 aromatic carbocycles. The zero-order chi connectivity index (χ0) is 11.5. The number of halogens is 1. The number of H-pyrrole nitrogens is 1. The number of hydrogen-bond donors (Lipinski definition) is 3. The number of anilines is 2. The Morgan fingerprint density at radius 3 is 2.94 bits per heavy atom. The average molecular weight is 220 g/mol. The molecule has 0 aliphatic rings. The number of carbonyl (C=O) groups excluding carboxylic acids is 1. The van der Waals surface area contributed by atoms with Crippen LogP contribution in [0, 0.1) is 5.82 Å². The van der Waals surface area contributed by atoms with Crippen LogP contribution < -0.4 is 11.1 Å². The van der Waals surface area contributed by atoms with E-state index >= 15 is 0 Å². The Labute approximate surface area is 90.5 Å². The van der Waals surface area contributed by atoms with Gasteiger partial charge < -0.3 is 11.1 Å². The number of aromatic amines is 1. The molecule has 0 atom stereocenters. The third-order valence-electron chi connectivity index (χ3n) is 2.01. The molecule has 4 N–H and O–H groups in total. The maximum absolute atomic E-state index is 12.9. The van der Waals surface area contributed by atoms with Crippen LogP contribution in [0.1, 0.15) is 10.5 Å². The van der Waals surface area contributed by atoms with E-state index in [1.807, 2.05) is 0 Å². The number of carbonyl (C=O) groups is 1. The van der Waals surface area contributed by atoms with Gasteiger partial charge in [-0.15, -0.1) is 0 Å². The molecule has 16 heavy (non-hydrogen) atoms. The number of aromatic nitrogens is 2. The number of nitrogens with zero attached hydrogens (tertiary/aromatic N) is 1. The van der Waals surface area contributed by atoms with E-state index in [2.05, 4.69) is 15.5 Å². The molecule has 0 fully saturated rings. The number of rotatable bonds is 2. The molecule has 1 amide bonds. The van der Waals surface area contributed by atoms with Gasteiger partial charge in [-0.2, -0.15) is 5.10 Å². The van der Waals surface area contributed by atoms with Crippen molar-refractivity contribution in [3.8, 4) is 0 Å². The Bertz CT molecular complexity index is 510. The van der Waals surface area contributed by atoms with Gasteiger partial charge >= 0.3 is 0 Å². The van der Waals surface area contributed by atoms with E-state index in [1.165, 1.54) is 24.4 Å². The van der Waals surface area contributed by atoms with Gasteiger partial charge in [-0.25, -0.2) is 4.39 Å². The van der Waals surface area contributed by atoms with Crippen LogP contribution in [0.3, 0.4) is 0 Å². The molecule has 1 heterocycles. The third-order valence-corrected chi connectivity index (χ3v) is 2.01. The fourth-order valence-corrected chi connectivity index (χ4v) is 1.21. The van der Waals surface area contributed by atoms with Crippen LogP contribution >= 0.6 is 0 Å². The lowest BCUT2D eigenvalue weighted by molar-refractivity contribution is 0.102. The van der Waals surface area contributed by atoms with E-state index in [1.54, 1.807) is 0 Å². The van der Waals surface area contributed by atoms with Crippen molar-refractivity contribution in [2.75, 3.05) is 11.1 Å². The van der Waals surface area contributed by atoms with E-state index in [9.17, 15) is 9.18 Å². The number of nitrogen functional groups attached to an aromatic ring is 1. The predicted molar refractivity (Wildman–Crippen MR) is 57.4 cm³/mol. The van der Waals surface area contributed by atoms with E-state index in [4.69, 9.17) is 5.73 Å². The van der Waals surface area contributed by atoms with Crippen molar-refractivity contribution in [3.63, 3.8) is 0 Å². The normalized spacial score (nSPS) is 10.1. The largest absolute Gasteiger partial charge is 0.397 e. The highest BCUT2D eigenvalue weighted by Crippen LogP contribution is 2.19. The van der Waals surface area contributed by atoms with Crippen LogP contribution in [0.5, 0.6) is 0 Å². The van der Waals surface area contributed by atoms with Gasteiger partial charge in [-0.1, -0.05) is 0 Å². The maximum atomic E-state index is 12.9. The molecular formula is C10H9FN4O. The number of nitrogens with one attached hydrogen (secondary N) is 2. The Hall–Kier alpha value is -2.37. The highest BCUT2D eigenvalue weighted by Gasteiger charge is 2.09. The second-order valence-corrected chi connectivity index (χ2v) is 3.16. The van der Waals surface area contributed by atoms with Crippen molar-refractivity contribution in [2.45, 2.75) is 0 Å². The summed E-state index contributed by atoms with van der Waals surface area (Å²) in [4.78, 5) is 11.6. The Kier molecular flexibility index (Phi) is 2.55. The van der Waals surface area contributed by atoms with Crippen LogP contribution in [0.2, 0.25) is 0 Å². The molecule has 0 saturated heterocycles. The highest BCUT2D eigenvalue weighted by atomic mass is 19.1. The first-order valence-corrected chi connectivity index (χ1v) is 4.52. The van der Waals surface area contributed by atoms with E-state index in [0.717, 1.165) is 6.07 Å². The average Bonchev–Trinajstić information content (AvgIpc) is 2.76. The Morgan fingerprint density at radius 2 is 2.25 bits per heavy atom. The molecule has 5 nitrogen and oxygen atoms in total. The van der Waals surface area contributed by atoms with Crippen LogP contribution in [0.4, 0.5) is 15.8 Å². The van der Waals surface area contributed by atoms with Gasteiger partial charge in [0, 0.05) is 6.20 Å². The zero-order valence-electron chi connectivity index (χ0n) is 8.20. The van der Waals surface area contributed by atoms with Crippen LogP contribution in [-0.2, 0) is 0 Å². The number of hydrogen-bond acceptors (Lipinski definition) is 3. The van der Waals surface area contributed by atoms with Crippen LogP contribution in [-0.4, -0.2) is 16.1 Å². The molecule has 2 aromatic rings. The van der Waals surface area contributed by atoms with Gasteiger partial charge in [-0.3, -0.25) is 9.89 Å². The quantitative estimate of drug-likeness (QED) is 0.668. The van der Waals surface area contributed by atoms with E-state index in [0.29, 0.717) is 5.69 Å². The van der Waals surface area contributed by atoms with Crippen molar-refractivity contribution >= 4 is 17.3 Å². The van der Waals surface area contributed by atoms with Crippen molar-refractivity contribution in [1.29, 1.82) is 0 Å². The molecule has 0 unspecified atom stereocenters. The summed E-state index contributed by atoms with van der Waals surface area (Å²) in [7, 11) is 0. The van der Waals surface area contributed by atoms with E-state index in [-0.39, 0.29) is 11.4 Å². The first kappa shape index (κ1) is 10.2. The summed E-state index contributed by atoms with van der Waals surface area (Å²) < 4.78 is 12.9. The fourth-order valence-electron chi connectivity index (χ4n) is 1.21. The second kappa shape index (κ2) is 4.01. The molecule has 1 aromatic heterocycles. The summed E-state index contributed by atoms with van der Waals surface area (Å²) >= 11 is 0. The minimum atomic E-state index is -0.464. The Morgan fingerprint density at radius 1 is 1.44 bits per heavy atom. The summed E-state index contributed by atoms with van der Waals surface area (Å²) in [5.74, 6) is -0.885. The summed E-state index contributed by atoms with van der Waals surface area (Å²) in [5.41, 5.74) is 6.40. The predicted octanol–water partition coefficient (Wildman–Crippen LogP) is 1.38. The minimum Gasteiger partial charge on any atom is -0.397 e. The summed E-state index contributed by atoms with van der Waals surface area (Å²) in [6, 6.07) is 5.27. The number of benzene rings is 1. The number of nitrogens with two attached hydrogens (primary N) is 1. The molecule has 0 spiro atoms. The number of amides is 1. The monoisotopic (exact) mass is 220 g/mol. The first-order chi connectivity index (χ1) is 7.66. The van der Waals surface area contributed by atoms with Crippen molar-refractivity contribution in [3.05, 3.63) is 42.0 Å². The van der Waals surface area contributed by atoms with Crippen molar-refractivity contribution < 1.29 is 9.18 Å². The van der Waals surface area contributed by atoms with E-state index < -0.39 is 11.7 Å². The molecule has 82 valence electrons. The van der Waals surface area contributed by atoms with Crippen molar-refractivity contribution in [2.24, 2.45) is 0 Å². The smallest absolute Gasteiger partial charge is 0.273 e. The lowest BCUT2D eigenvalue weighted by Crippen LogP contribution is -2.13. The maximum Gasteiger partial charge on any atom is 0.273 e. The molecule has 0 saturated carbocycles. The van der Waals surface area contributed by atoms with Gasteiger partial charge in [0.1, 0.15) is 11.5 Å². The summed E-state index contributed by atoms with van der Waals surface area (Å²) in [6.45, 7) is 0. The SMILES string of the molecule is Nc1ccc(F)cc1NC(=O)c1ccn[nH]1. The first-order valence-electron chi connectivity index (χ1n) is 4.52. The second-order valence-electron chi connectivity index (χ2n) is 3.16. The summed E-state index contributed by atoms with van der Waals surface area (Å²) in [5, 5.41) is 8.61. The lowest BCUT2D eigenvalue weighted by Gasteiger charge is -2.06. The summed E-state index contributed by atoms with van der Waals surface area (Å²) in [6.07, 6.45) is 1.45. The third kappa shape index (κ3) is 2.00. The standard InChI is InChI=1S/C10H9FN4O/c11-6-1-2-7(12)9(5-6)14-10(16)8-3-4-13-15-8/h1-5H,12H2,(H,13,15)(H,14,16). The van der Waals surface area contributed by atoms with Crippen molar-refractivity contribution in [1.82, 2.24) is 10.2 Å². The zero-order valence-corrected chi connectivity index (χ0v) is 8.20. The Balaban J connectivity index is 2.21. The topological polar surface area (TPSA) is 83.8 Å². The molecule has 0 radical (unpaired) electrons. The highest BCUT2D eigenvalue weighted by molar-refractivity contribution is 6.04. The van der Waals surface area contributed by atoms with Gasteiger partial charge in [0.25, 0.3) is 5.91 Å². The molecule has 0 aliphatic heterocycles. The minimum absolute atomic E-state index is 0.236. The molecule has 2 rings (SSSR count). The van der Waals surface area contributed by atoms with Crippen LogP contribution in [0.15, 0.2) is 30.5 Å². The van der Waals surface area contributed by atoms with Gasteiger partial charge in [0.2, 0.25) is 0 Å².